The molecular weight excluding hydrogens is 420 g/mol. The summed E-state index contributed by atoms with van der Waals surface area (Å²) in [5.41, 5.74) is 5.83. The van der Waals surface area contributed by atoms with Crippen LogP contribution in [0, 0.1) is 18.3 Å². The van der Waals surface area contributed by atoms with Crippen LogP contribution < -0.4 is 5.32 Å². The predicted molar refractivity (Wildman–Crippen MR) is 128 cm³/mol. The summed E-state index contributed by atoms with van der Waals surface area (Å²) in [5, 5.41) is 13.4. The lowest BCUT2D eigenvalue weighted by Gasteiger charge is -2.21. The van der Waals surface area contributed by atoms with Crippen LogP contribution in [0.3, 0.4) is 0 Å². The van der Waals surface area contributed by atoms with Crippen molar-refractivity contribution in [3.05, 3.63) is 71.3 Å². The minimum absolute atomic E-state index is 0.207. The third kappa shape index (κ3) is 3.88. The molecule has 1 unspecified atom stereocenters. The number of aryl methyl sites for hydroxylation is 1. The number of rotatable bonds is 5. The maximum Gasteiger partial charge on any atom is 0.157 e. The fourth-order valence-corrected chi connectivity index (χ4v) is 5.76. The van der Waals surface area contributed by atoms with Gasteiger partial charge in [0.05, 0.1) is 16.6 Å². The van der Waals surface area contributed by atoms with Crippen LogP contribution in [0.1, 0.15) is 29.5 Å². The highest BCUT2D eigenvalue weighted by molar-refractivity contribution is 7.84. The normalized spacial score (nSPS) is 15.6. The Kier molecular flexibility index (Phi) is 5.64. The SMILES string of the molecule is Cc1cc(Nc2cccc(CS(=O)C3CCOCC3)c2)n2c(nc3ccccc32)c1C#N. The third-order valence-electron chi connectivity index (χ3n) is 5.93. The van der Waals surface area contributed by atoms with Crippen LogP contribution in [0.25, 0.3) is 16.7 Å². The first-order valence-corrected chi connectivity index (χ1v) is 12.1. The Morgan fingerprint density at radius 3 is 2.81 bits per heavy atom. The Balaban J connectivity index is 1.49. The molecular formula is C25H24N4O2S. The number of fused-ring (bicyclic) bond motifs is 3. The van der Waals surface area contributed by atoms with E-state index in [1.54, 1.807) is 0 Å². The van der Waals surface area contributed by atoms with Gasteiger partial charge in [0, 0.05) is 40.7 Å². The molecule has 4 aromatic rings. The zero-order chi connectivity index (χ0) is 22.1. The summed E-state index contributed by atoms with van der Waals surface area (Å²) in [7, 11) is -0.914. The zero-order valence-electron chi connectivity index (χ0n) is 17.9. The summed E-state index contributed by atoms with van der Waals surface area (Å²) in [4.78, 5) is 4.71. The van der Waals surface area contributed by atoms with Gasteiger partial charge in [0.1, 0.15) is 11.9 Å². The molecule has 0 bridgehead atoms. The van der Waals surface area contributed by atoms with Crippen LogP contribution in [-0.4, -0.2) is 32.1 Å². The van der Waals surface area contributed by atoms with Crippen molar-refractivity contribution in [2.24, 2.45) is 0 Å². The molecule has 0 aliphatic carbocycles. The lowest BCUT2D eigenvalue weighted by Crippen LogP contribution is -2.25. The minimum Gasteiger partial charge on any atom is -0.381 e. The minimum atomic E-state index is -0.914. The van der Waals surface area contributed by atoms with Crippen molar-refractivity contribution in [1.82, 2.24) is 9.38 Å². The molecule has 6 nitrogen and oxygen atoms in total. The number of pyridine rings is 1. The number of anilines is 2. The van der Waals surface area contributed by atoms with Gasteiger partial charge in [-0.3, -0.25) is 8.61 Å². The lowest BCUT2D eigenvalue weighted by molar-refractivity contribution is 0.0992. The molecule has 1 atom stereocenters. The number of hydrogen-bond acceptors (Lipinski definition) is 5. The van der Waals surface area contributed by atoms with E-state index >= 15 is 0 Å². The molecule has 1 aliphatic rings. The molecule has 1 fully saturated rings. The van der Waals surface area contributed by atoms with E-state index in [1.807, 2.05) is 59.9 Å². The van der Waals surface area contributed by atoms with Gasteiger partial charge in [-0.1, -0.05) is 24.3 Å². The second-order valence-corrected chi connectivity index (χ2v) is 9.84. The van der Waals surface area contributed by atoms with Gasteiger partial charge in [0.2, 0.25) is 0 Å². The van der Waals surface area contributed by atoms with E-state index < -0.39 is 10.8 Å². The summed E-state index contributed by atoms with van der Waals surface area (Å²) in [5.74, 6) is 1.38. The van der Waals surface area contributed by atoms with Gasteiger partial charge in [-0.2, -0.15) is 5.26 Å². The summed E-state index contributed by atoms with van der Waals surface area (Å²) >= 11 is 0. The van der Waals surface area contributed by atoms with Crippen molar-refractivity contribution < 1.29 is 8.95 Å². The zero-order valence-corrected chi connectivity index (χ0v) is 18.7. The van der Waals surface area contributed by atoms with E-state index in [2.05, 4.69) is 17.5 Å². The Morgan fingerprint density at radius 1 is 1.19 bits per heavy atom. The van der Waals surface area contributed by atoms with E-state index in [4.69, 9.17) is 9.72 Å². The van der Waals surface area contributed by atoms with E-state index in [1.165, 1.54) is 0 Å². The number of imidazole rings is 1. The monoisotopic (exact) mass is 444 g/mol. The quantitative estimate of drug-likeness (QED) is 0.477. The Morgan fingerprint density at radius 2 is 2.00 bits per heavy atom. The molecule has 0 spiro atoms. The highest BCUT2D eigenvalue weighted by Crippen LogP contribution is 2.29. The number of benzene rings is 2. The van der Waals surface area contributed by atoms with Gasteiger partial charge >= 0.3 is 0 Å². The number of para-hydroxylation sites is 2. The van der Waals surface area contributed by atoms with Crippen molar-refractivity contribution in [1.29, 1.82) is 5.26 Å². The molecule has 1 saturated heterocycles. The first-order chi connectivity index (χ1) is 15.6. The van der Waals surface area contributed by atoms with E-state index in [9.17, 15) is 9.47 Å². The van der Waals surface area contributed by atoms with E-state index in [0.29, 0.717) is 30.2 Å². The number of nitrogens with zero attached hydrogens (tertiary/aromatic N) is 3. The molecule has 5 rings (SSSR count). The molecule has 0 saturated carbocycles. The molecule has 2 aromatic heterocycles. The van der Waals surface area contributed by atoms with Crippen molar-refractivity contribution in [3.8, 4) is 6.07 Å². The molecule has 2 aromatic carbocycles. The van der Waals surface area contributed by atoms with Crippen LogP contribution in [0.5, 0.6) is 0 Å². The molecule has 162 valence electrons. The van der Waals surface area contributed by atoms with Crippen molar-refractivity contribution >= 4 is 39.0 Å². The van der Waals surface area contributed by atoms with Crippen LogP contribution in [0.15, 0.2) is 54.6 Å². The molecule has 32 heavy (non-hydrogen) atoms. The Labute approximate surface area is 189 Å². The van der Waals surface area contributed by atoms with Gasteiger partial charge in [0.25, 0.3) is 0 Å². The maximum atomic E-state index is 12.8. The molecule has 1 N–H and O–H groups in total. The molecule has 7 heteroatoms. The second-order valence-electron chi connectivity index (χ2n) is 8.12. The van der Waals surface area contributed by atoms with Crippen molar-refractivity contribution in [2.45, 2.75) is 30.8 Å². The fourth-order valence-electron chi connectivity index (χ4n) is 4.29. The van der Waals surface area contributed by atoms with Crippen LogP contribution >= 0.6 is 0 Å². The van der Waals surface area contributed by atoms with E-state index in [0.717, 1.165) is 46.5 Å². The third-order valence-corrected chi connectivity index (χ3v) is 7.77. The molecule has 0 amide bonds. The number of nitrogens with one attached hydrogen (secondary N) is 1. The lowest BCUT2D eigenvalue weighted by atomic mass is 10.1. The second kappa shape index (κ2) is 8.73. The smallest absolute Gasteiger partial charge is 0.157 e. The predicted octanol–water partition coefficient (Wildman–Crippen LogP) is 4.84. The number of ether oxygens (including phenoxy) is 1. The van der Waals surface area contributed by atoms with Crippen LogP contribution in [-0.2, 0) is 21.3 Å². The topological polar surface area (TPSA) is 79.4 Å². The number of nitriles is 1. The van der Waals surface area contributed by atoms with Gasteiger partial charge in [-0.25, -0.2) is 4.98 Å². The van der Waals surface area contributed by atoms with Gasteiger partial charge in [-0.05, 0) is 61.2 Å². The average molecular weight is 445 g/mol. The first-order valence-electron chi connectivity index (χ1n) is 10.8. The highest BCUT2D eigenvalue weighted by atomic mass is 32.2. The number of aromatic nitrogens is 2. The van der Waals surface area contributed by atoms with Gasteiger partial charge in [-0.15, -0.1) is 0 Å². The first kappa shape index (κ1) is 20.7. The fraction of sp³-hybridized carbons (Fsp3) is 0.280. The Hall–Kier alpha value is -3.21. The van der Waals surface area contributed by atoms with Crippen LogP contribution in [0.4, 0.5) is 11.5 Å². The Bertz CT molecular complexity index is 1370. The number of hydrogen-bond donors (Lipinski definition) is 1. The molecule has 0 radical (unpaired) electrons. The summed E-state index contributed by atoms with van der Waals surface area (Å²) < 4.78 is 20.2. The van der Waals surface area contributed by atoms with Gasteiger partial charge in [0.15, 0.2) is 5.65 Å². The highest BCUT2D eigenvalue weighted by Gasteiger charge is 2.20. The van der Waals surface area contributed by atoms with E-state index in [-0.39, 0.29) is 5.25 Å². The van der Waals surface area contributed by atoms with Gasteiger partial charge < -0.3 is 10.1 Å². The summed E-state index contributed by atoms with van der Waals surface area (Å²) in [6, 6.07) is 20.2. The van der Waals surface area contributed by atoms with Crippen molar-refractivity contribution in [2.75, 3.05) is 18.5 Å². The molecule has 1 aliphatic heterocycles. The summed E-state index contributed by atoms with van der Waals surface area (Å²) in [6.07, 6.45) is 1.72. The maximum absolute atomic E-state index is 12.8. The average Bonchev–Trinajstić information content (AvgIpc) is 3.19. The largest absolute Gasteiger partial charge is 0.381 e. The van der Waals surface area contributed by atoms with Crippen LogP contribution in [0.2, 0.25) is 0 Å². The summed E-state index contributed by atoms with van der Waals surface area (Å²) in [6.45, 7) is 3.33. The van der Waals surface area contributed by atoms with Crippen molar-refractivity contribution in [3.63, 3.8) is 0 Å². The standard InChI is InChI=1S/C25H24N4O2S/c1-17-13-24(29-23-8-3-2-7-22(23)28-25(29)21(17)15-26)27-19-6-4-5-18(14-19)16-32(30)20-9-11-31-12-10-20/h2-8,13-14,20,27H,9-12,16H2,1H3. The molecule has 3 heterocycles.